The molecule has 1 rings (SSSR count). The van der Waals surface area contributed by atoms with Crippen LogP contribution in [0.1, 0.15) is 59.8 Å². The van der Waals surface area contributed by atoms with E-state index in [2.05, 4.69) is 44.8 Å². The van der Waals surface area contributed by atoms with Crippen LogP contribution in [0.2, 0.25) is 0 Å². The molecule has 0 aromatic rings. The van der Waals surface area contributed by atoms with Gasteiger partial charge < -0.3 is 5.32 Å². The predicted molar refractivity (Wildman–Crippen MR) is 76.2 cm³/mol. The number of thioether (sulfide) groups is 1. The summed E-state index contributed by atoms with van der Waals surface area (Å²) in [5, 5.41) is 5.41. The molecule has 1 saturated carbocycles. The van der Waals surface area contributed by atoms with Crippen LogP contribution in [0.3, 0.4) is 0 Å². The number of hydrogen-bond donors (Lipinski definition) is 1. The van der Waals surface area contributed by atoms with Crippen LogP contribution in [0.15, 0.2) is 0 Å². The Hall–Kier alpha value is 0.310. The molecule has 1 nitrogen and oxygen atoms in total. The molecule has 0 spiro atoms. The van der Waals surface area contributed by atoms with Gasteiger partial charge in [0.25, 0.3) is 0 Å². The number of rotatable bonds is 6. The predicted octanol–water partition coefficient (Wildman–Crippen LogP) is 4.07. The van der Waals surface area contributed by atoms with Crippen molar-refractivity contribution in [1.82, 2.24) is 5.32 Å². The fraction of sp³-hybridized carbons (Fsp3) is 1.00. The van der Waals surface area contributed by atoms with Crippen LogP contribution in [0.4, 0.5) is 0 Å². The second-order valence-electron chi connectivity index (χ2n) is 5.52. The van der Waals surface area contributed by atoms with Gasteiger partial charge in [-0.15, -0.1) is 0 Å². The quantitative estimate of drug-likeness (QED) is 0.754. The van der Waals surface area contributed by atoms with Crippen molar-refractivity contribution in [3.8, 4) is 0 Å². The fourth-order valence-electron chi connectivity index (χ4n) is 2.26. The van der Waals surface area contributed by atoms with Crippen LogP contribution in [-0.4, -0.2) is 23.1 Å². The van der Waals surface area contributed by atoms with Gasteiger partial charge in [0.15, 0.2) is 0 Å². The highest BCUT2D eigenvalue weighted by atomic mass is 32.2. The van der Waals surface area contributed by atoms with E-state index >= 15 is 0 Å². The summed E-state index contributed by atoms with van der Waals surface area (Å²) in [6.45, 7) is 10.5. The lowest BCUT2D eigenvalue weighted by atomic mass is 9.95. The van der Waals surface area contributed by atoms with Gasteiger partial charge in [-0.3, -0.25) is 0 Å². The summed E-state index contributed by atoms with van der Waals surface area (Å²) in [6, 6.07) is 0.797. The summed E-state index contributed by atoms with van der Waals surface area (Å²) in [7, 11) is 0. The van der Waals surface area contributed by atoms with Crippen molar-refractivity contribution < 1.29 is 0 Å². The van der Waals surface area contributed by atoms with E-state index in [1.165, 1.54) is 38.6 Å². The highest BCUT2D eigenvalue weighted by Gasteiger charge is 2.24. The van der Waals surface area contributed by atoms with Crippen LogP contribution in [0.25, 0.3) is 0 Å². The second kappa shape index (κ2) is 7.60. The maximum absolute atomic E-state index is 3.69. The van der Waals surface area contributed by atoms with Crippen molar-refractivity contribution in [2.75, 3.05) is 6.54 Å². The van der Waals surface area contributed by atoms with Crippen LogP contribution in [0, 0.1) is 5.92 Å². The Morgan fingerprint density at radius 1 is 1.25 bits per heavy atom. The maximum atomic E-state index is 3.69. The molecule has 1 N–H and O–H groups in total. The third-order valence-electron chi connectivity index (χ3n) is 3.66. The van der Waals surface area contributed by atoms with Crippen LogP contribution >= 0.6 is 11.8 Å². The molecule has 2 heteroatoms. The lowest BCUT2D eigenvalue weighted by Gasteiger charge is -2.32. The molecule has 0 aliphatic heterocycles. The molecule has 16 heavy (non-hydrogen) atoms. The average Bonchev–Trinajstić information content (AvgIpc) is 2.26. The van der Waals surface area contributed by atoms with Crippen molar-refractivity contribution in [1.29, 1.82) is 0 Å². The lowest BCUT2D eigenvalue weighted by molar-refractivity contribution is 0.380. The Labute approximate surface area is 106 Å². The van der Waals surface area contributed by atoms with E-state index in [0.717, 1.165) is 22.5 Å². The highest BCUT2D eigenvalue weighted by Crippen LogP contribution is 2.33. The molecular weight excluding hydrogens is 214 g/mol. The highest BCUT2D eigenvalue weighted by molar-refractivity contribution is 8.00. The summed E-state index contributed by atoms with van der Waals surface area (Å²) >= 11 is 2.23. The van der Waals surface area contributed by atoms with Crippen molar-refractivity contribution in [3.05, 3.63) is 0 Å². The molecule has 0 bridgehead atoms. The summed E-state index contributed by atoms with van der Waals surface area (Å²) in [5.41, 5.74) is 0. The molecule has 1 aliphatic rings. The molecular formula is C14H29NS. The van der Waals surface area contributed by atoms with Gasteiger partial charge in [-0.05, 0) is 38.1 Å². The zero-order valence-corrected chi connectivity index (χ0v) is 12.3. The second-order valence-corrected chi connectivity index (χ2v) is 7.21. The SMILES string of the molecule is CCCNC1CCCC(SC(C)C(C)C)C1. The van der Waals surface area contributed by atoms with Gasteiger partial charge in [0, 0.05) is 16.5 Å². The molecule has 0 aromatic heterocycles. The van der Waals surface area contributed by atoms with Gasteiger partial charge in [0.05, 0.1) is 0 Å². The monoisotopic (exact) mass is 243 g/mol. The molecule has 0 radical (unpaired) electrons. The van der Waals surface area contributed by atoms with E-state index < -0.39 is 0 Å². The van der Waals surface area contributed by atoms with Crippen molar-refractivity contribution >= 4 is 11.8 Å². The molecule has 3 unspecified atom stereocenters. The number of nitrogens with one attached hydrogen (secondary N) is 1. The summed E-state index contributed by atoms with van der Waals surface area (Å²) in [4.78, 5) is 0. The summed E-state index contributed by atoms with van der Waals surface area (Å²) in [6.07, 6.45) is 6.90. The average molecular weight is 243 g/mol. The van der Waals surface area contributed by atoms with E-state index in [4.69, 9.17) is 0 Å². The molecule has 0 amide bonds. The van der Waals surface area contributed by atoms with Gasteiger partial charge in [-0.2, -0.15) is 11.8 Å². The lowest BCUT2D eigenvalue weighted by Crippen LogP contribution is -2.36. The van der Waals surface area contributed by atoms with Gasteiger partial charge >= 0.3 is 0 Å². The Morgan fingerprint density at radius 3 is 2.62 bits per heavy atom. The first kappa shape index (κ1) is 14.4. The number of hydrogen-bond acceptors (Lipinski definition) is 2. The molecule has 1 fully saturated rings. The molecule has 0 saturated heterocycles. The summed E-state index contributed by atoms with van der Waals surface area (Å²) in [5.74, 6) is 0.814. The van der Waals surface area contributed by atoms with Crippen molar-refractivity contribution in [3.63, 3.8) is 0 Å². The van der Waals surface area contributed by atoms with E-state index in [9.17, 15) is 0 Å². The Morgan fingerprint density at radius 2 is 2.00 bits per heavy atom. The van der Waals surface area contributed by atoms with E-state index in [0.29, 0.717) is 0 Å². The third-order valence-corrected chi connectivity index (χ3v) is 5.44. The fourth-order valence-corrected chi connectivity index (χ4v) is 3.83. The largest absolute Gasteiger partial charge is 0.314 e. The Kier molecular flexibility index (Phi) is 6.83. The molecule has 96 valence electrons. The third kappa shape index (κ3) is 5.09. The van der Waals surface area contributed by atoms with Crippen LogP contribution < -0.4 is 5.32 Å². The topological polar surface area (TPSA) is 12.0 Å². The molecule has 0 aromatic carbocycles. The minimum atomic E-state index is 0.797. The first-order chi connectivity index (χ1) is 7.63. The van der Waals surface area contributed by atoms with Gasteiger partial charge in [-0.1, -0.05) is 34.1 Å². The molecule has 3 atom stereocenters. The maximum Gasteiger partial charge on any atom is 0.00776 e. The van der Waals surface area contributed by atoms with Crippen molar-refractivity contribution in [2.45, 2.75) is 76.3 Å². The summed E-state index contributed by atoms with van der Waals surface area (Å²) < 4.78 is 0. The van der Waals surface area contributed by atoms with Gasteiger partial charge in [-0.25, -0.2) is 0 Å². The van der Waals surface area contributed by atoms with Crippen LogP contribution in [0.5, 0.6) is 0 Å². The zero-order chi connectivity index (χ0) is 12.0. The zero-order valence-electron chi connectivity index (χ0n) is 11.5. The van der Waals surface area contributed by atoms with E-state index in [1.54, 1.807) is 0 Å². The first-order valence-corrected chi connectivity index (χ1v) is 7.96. The standard InChI is InChI=1S/C14H29NS/c1-5-9-15-13-7-6-8-14(10-13)16-12(4)11(2)3/h11-15H,5-10H2,1-4H3. The Bertz CT molecular complexity index is 182. The first-order valence-electron chi connectivity index (χ1n) is 7.02. The Balaban J connectivity index is 2.27. The van der Waals surface area contributed by atoms with Crippen molar-refractivity contribution in [2.24, 2.45) is 5.92 Å². The minimum Gasteiger partial charge on any atom is -0.314 e. The van der Waals surface area contributed by atoms with E-state index in [1.807, 2.05) is 0 Å². The van der Waals surface area contributed by atoms with Gasteiger partial charge in [0.2, 0.25) is 0 Å². The minimum absolute atomic E-state index is 0.797. The molecule has 0 heterocycles. The van der Waals surface area contributed by atoms with E-state index in [-0.39, 0.29) is 0 Å². The normalized spacial score (nSPS) is 28.3. The van der Waals surface area contributed by atoms with Gasteiger partial charge in [0.1, 0.15) is 0 Å². The van der Waals surface area contributed by atoms with Crippen LogP contribution in [-0.2, 0) is 0 Å². The molecule has 1 aliphatic carbocycles. The smallest absolute Gasteiger partial charge is 0.00776 e.